The van der Waals surface area contributed by atoms with E-state index in [0.717, 1.165) is 12.8 Å². The first kappa shape index (κ1) is 17.3. The minimum Gasteiger partial charge on any atom is -0.453 e. The third-order valence-corrected chi connectivity index (χ3v) is 4.38. The van der Waals surface area contributed by atoms with Gasteiger partial charge < -0.3 is 15.4 Å². The van der Waals surface area contributed by atoms with Crippen molar-refractivity contribution in [2.24, 2.45) is 5.92 Å². The zero-order valence-electron chi connectivity index (χ0n) is 13.7. The van der Waals surface area contributed by atoms with Crippen LogP contribution >= 0.6 is 0 Å². The molecule has 0 radical (unpaired) electrons. The SMILES string of the molecule is COC(=O)NCCCC(=O)N[C@H]1CCC[C@@H]1Cc1ccccc1. The quantitative estimate of drug-likeness (QED) is 0.760. The number of hydrogen-bond acceptors (Lipinski definition) is 3. The summed E-state index contributed by atoms with van der Waals surface area (Å²) < 4.78 is 4.48. The summed E-state index contributed by atoms with van der Waals surface area (Å²) in [4.78, 5) is 23.0. The molecule has 5 nitrogen and oxygen atoms in total. The second kappa shape index (κ2) is 9.18. The summed E-state index contributed by atoms with van der Waals surface area (Å²) in [6.07, 6.45) is 5.02. The highest BCUT2D eigenvalue weighted by molar-refractivity contribution is 5.76. The fraction of sp³-hybridized carbons (Fsp3) is 0.556. The van der Waals surface area contributed by atoms with Gasteiger partial charge in [0.1, 0.15) is 0 Å². The van der Waals surface area contributed by atoms with Gasteiger partial charge in [-0.1, -0.05) is 36.8 Å². The first-order valence-electron chi connectivity index (χ1n) is 8.34. The van der Waals surface area contributed by atoms with E-state index in [2.05, 4.69) is 39.6 Å². The number of carbonyl (C=O) groups excluding carboxylic acids is 2. The molecule has 0 bridgehead atoms. The molecule has 2 atom stereocenters. The highest BCUT2D eigenvalue weighted by atomic mass is 16.5. The van der Waals surface area contributed by atoms with Crippen LogP contribution in [0.5, 0.6) is 0 Å². The molecule has 1 aromatic carbocycles. The van der Waals surface area contributed by atoms with Gasteiger partial charge in [-0.15, -0.1) is 0 Å². The van der Waals surface area contributed by atoms with Crippen LogP contribution in [0, 0.1) is 5.92 Å². The Morgan fingerprint density at radius 3 is 2.74 bits per heavy atom. The van der Waals surface area contributed by atoms with Crippen molar-refractivity contribution in [1.29, 1.82) is 0 Å². The average Bonchev–Trinajstić information content (AvgIpc) is 2.99. The number of carbonyl (C=O) groups is 2. The van der Waals surface area contributed by atoms with Crippen LogP contribution in [0.15, 0.2) is 30.3 Å². The lowest BCUT2D eigenvalue weighted by molar-refractivity contribution is -0.122. The molecule has 0 aliphatic heterocycles. The van der Waals surface area contributed by atoms with Crippen LogP contribution in [0.2, 0.25) is 0 Å². The lowest BCUT2D eigenvalue weighted by Gasteiger charge is -2.21. The maximum absolute atomic E-state index is 12.1. The van der Waals surface area contributed by atoms with E-state index in [1.54, 1.807) is 0 Å². The average molecular weight is 318 g/mol. The molecule has 2 rings (SSSR count). The predicted octanol–water partition coefficient (Wildman–Crippen LogP) is 2.65. The lowest BCUT2D eigenvalue weighted by Crippen LogP contribution is -2.38. The summed E-state index contributed by atoms with van der Waals surface area (Å²) in [5.41, 5.74) is 1.33. The molecule has 23 heavy (non-hydrogen) atoms. The molecule has 0 unspecified atom stereocenters. The van der Waals surface area contributed by atoms with Crippen LogP contribution in [0.25, 0.3) is 0 Å². The molecule has 0 heterocycles. The highest BCUT2D eigenvalue weighted by Gasteiger charge is 2.28. The van der Waals surface area contributed by atoms with Crippen molar-refractivity contribution in [3.05, 3.63) is 35.9 Å². The fourth-order valence-electron chi connectivity index (χ4n) is 3.18. The van der Waals surface area contributed by atoms with Crippen molar-refractivity contribution in [2.45, 2.75) is 44.6 Å². The van der Waals surface area contributed by atoms with Gasteiger partial charge in [0.15, 0.2) is 0 Å². The molecule has 2 amide bonds. The van der Waals surface area contributed by atoms with E-state index < -0.39 is 6.09 Å². The Kier molecular flexibility index (Phi) is 6.91. The summed E-state index contributed by atoms with van der Waals surface area (Å²) in [5, 5.41) is 5.75. The van der Waals surface area contributed by atoms with E-state index in [9.17, 15) is 9.59 Å². The largest absolute Gasteiger partial charge is 0.453 e. The Labute approximate surface area is 137 Å². The molecule has 1 fully saturated rings. The molecular formula is C18H26N2O3. The maximum atomic E-state index is 12.1. The number of nitrogens with one attached hydrogen (secondary N) is 2. The number of hydrogen-bond donors (Lipinski definition) is 2. The van der Waals surface area contributed by atoms with Gasteiger partial charge in [0.25, 0.3) is 0 Å². The maximum Gasteiger partial charge on any atom is 0.406 e. The normalized spacial score (nSPS) is 20.0. The second-order valence-electron chi connectivity index (χ2n) is 6.08. The van der Waals surface area contributed by atoms with Crippen LogP contribution < -0.4 is 10.6 Å². The predicted molar refractivity (Wildman–Crippen MR) is 89.1 cm³/mol. The first-order chi connectivity index (χ1) is 11.2. The van der Waals surface area contributed by atoms with Crippen LogP contribution in [0.1, 0.15) is 37.7 Å². The van der Waals surface area contributed by atoms with Crippen LogP contribution in [0.4, 0.5) is 4.79 Å². The number of methoxy groups -OCH3 is 1. The number of alkyl carbamates (subject to hydrolysis) is 1. The Morgan fingerprint density at radius 2 is 2.00 bits per heavy atom. The molecule has 0 saturated heterocycles. The van der Waals surface area contributed by atoms with E-state index in [1.165, 1.54) is 25.5 Å². The Hall–Kier alpha value is -2.04. The molecule has 1 saturated carbocycles. The number of ether oxygens (including phenoxy) is 1. The zero-order valence-corrected chi connectivity index (χ0v) is 13.7. The zero-order chi connectivity index (χ0) is 16.5. The summed E-state index contributed by atoms with van der Waals surface area (Å²) in [5.74, 6) is 0.594. The molecular weight excluding hydrogens is 292 g/mol. The molecule has 5 heteroatoms. The van der Waals surface area contributed by atoms with Crippen molar-refractivity contribution in [3.8, 4) is 0 Å². The molecule has 1 aliphatic rings. The second-order valence-corrected chi connectivity index (χ2v) is 6.08. The number of benzene rings is 1. The van der Waals surface area contributed by atoms with Crippen molar-refractivity contribution in [2.75, 3.05) is 13.7 Å². The standard InChI is InChI=1S/C18H26N2O3/c1-23-18(22)19-12-6-11-17(21)20-16-10-5-9-15(16)13-14-7-3-2-4-8-14/h2-4,7-8,15-16H,5-6,9-13H2,1H3,(H,19,22)(H,20,21)/t15-,16+/m1/s1. The number of rotatable bonds is 7. The van der Waals surface area contributed by atoms with Crippen molar-refractivity contribution in [1.82, 2.24) is 10.6 Å². The summed E-state index contributed by atoms with van der Waals surface area (Å²) in [7, 11) is 1.33. The molecule has 0 spiro atoms. The van der Waals surface area contributed by atoms with E-state index in [4.69, 9.17) is 0 Å². The van der Waals surface area contributed by atoms with Gasteiger partial charge in [0.05, 0.1) is 7.11 Å². The van der Waals surface area contributed by atoms with Gasteiger partial charge in [-0.05, 0) is 37.2 Å². The Balaban J connectivity index is 1.71. The molecule has 0 aromatic heterocycles. The van der Waals surface area contributed by atoms with Crippen LogP contribution in [-0.4, -0.2) is 31.7 Å². The molecule has 1 aromatic rings. The van der Waals surface area contributed by atoms with Crippen molar-refractivity contribution in [3.63, 3.8) is 0 Å². The highest BCUT2D eigenvalue weighted by Crippen LogP contribution is 2.28. The monoisotopic (exact) mass is 318 g/mol. The minimum atomic E-state index is -0.455. The summed E-state index contributed by atoms with van der Waals surface area (Å²) in [6, 6.07) is 10.7. The fourth-order valence-corrected chi connectivity index (χ4v) is 3.18. The first-order valence-corrected chi connectivity index (χ1v) is 8.34. The van der Waals surface area contributed by atoms with Crippen LogP contribution in [0.3, 0.4) is 0 Å². The molecule has 126 valence electrons. The lowest BCUT2D eigenvalue weighted by atomic mass is 9.94. The van der Waals surface area contributed by atoms with Gasteiger partial charge in [-0.2, -0.15) is 0 Å². The molecule has 1 aliphatic carbocycles. The van der Waals surface area contributed by atoms with Gasteiger partial charge in [0, 0.05) is 19.0 Å². The Bertz CT molecular complexity index is 504. The summed E-state index contributed by atoms with van der Waals surface area (Å²) in [6.45, 7) is 0.457. The smallest absolute Gasteiger partial charge is 0.406 e. The molecule has 2 N–H and O–H groups in total. The Morgan fingerprint density at radius 1 is 1.22 bits per heavy atom. The van der Waals surface area contributed by atoms with Gasteiger partial charge >= 0.3 is 6.09 Å². The van der Waals surface area contributed by atoms with Crippen molar-refractivity contribution < 1.29 is 14.3 Å². The minimum absolute atomic E-state index is 0.0710. The third-order valence-electron chi connectivity index (χ3n) is 4.38. The van der Waals surface area contributed by atoms with E-state index >= 15 is 0 Å². The van der Waals surface area contributed by atoms with E-state index in [1.807, 2.05) is 6.07 Å². The van der Waals surface area contributed by atoms with E-state index in [-0.39, 0.29) is 11.9 Å². The number of amides is 2. The van der Waals surface area contributed by atoms with Gasteiger partial charge in [0.2, 0.25) is 5.91 Å². The summed E-state index contributed by atoms with van der Waals surface area (Å²) >= 11 is 0. The van der Waals surface area contributed by atoms with Crippen molar-refractivity contribution >= 4 is 12.0 Å². The van der Waals surface area contributed by atoms with Crippen LogP contribution in [-0.2, 0) is 16.0 Å². The third kappa shape index (κ3) is 5.93. The van der Waals surface area contributed by atoms with Gasteiger partial charge in [-0.3, -0.25) is 4.79 Å². The van der Waals surface area contributed by atoms with Gasteiger partial charge in [-0.25, -0.2) is 4.79 Å². The topological polar surface area (TPSA) is 67.4 Å². The van der Waals surface area contributed by atoms with E-state index in [0.29, 0.717) is 25.3 Å².